The van der Waals surface area contributed by atoms with Gasteiger partial charge >= 0.3 is 0 Å². The van der Waals surface area contributed by atoms with Crippen molar-refractivity contribution >= 4 is 28.3 Å². The number of nitrogens with two attached hydrogens (primary N) is 1. The van der Waals surface area contributed by atoms with Crippen molar-refractivity contribution in [3.05, 3.63) is 45.7 Å². The summed E-state index contributed by atoms with van der Waals surface area (Å²) in [6, 6.07) is 11.4. The second-order valence-electron chi connectivity index (χ2n) is 3.36. The van der Waals surface area contributed by atoms with E-state index in [0.29, 0.717) is 11.6 Å². The molecule has 0 bridgehead atoms. The molecular formula is C12H11IN2O. The van der Waals surface area contributed by atoms with Gasteiger partial charge in [0.1, 0.15) is 5.75 Å². The molecule has 0 unspecified atom stereocenters. The zero-order valence-corrected chi connectivity index (χ0v) is 10.9. The first kappa shape index (κ1) is 11.2. The van der Waals surface area contributed by atoms with Crippen LogP contribution in [-0.4, -0.2) is 4.98 Å². The van der Waals surface area contributed by atoms with E-state index in [1.807, 2.05) is 31.2 Å². The van der Waals surface area contributed by atoms with Crippen LogP contribution in [0.4, 0.5) is 5.69 Å². The molecule has 0 amide bonds. The fourth-order valence-corrected chi connectivity index (χ4v) is 1.74. The summed E-state index contributed by atoms with van der Waals surface area (Å²) in [7, 11) is 0. The minimum Gasteiger partial charge on any atom is -0.438 e. The van der Waals surface area contributed by atoms with Gasteiger partial charge in [0.05, 0.1) is 15.0 Å². The van der Waals surface area contributed by atoms with Crippen molar-refractivity contribution in [1.29, 1.82) is 0 Å². The van der Waals surface area contributed by atoms with Crippen molar-refractivity contribution in [3.8, 4) is 11.6 Å². The van der Waals surface area contributed by atoms with Crippen LogP contribution < -0.4 is 10.5 Å². The Morgan fingerprint density at radius 1 is 1.19 bits per heavy atom. The highest BCUT2D eigenvalue weighted by molar-refractivity contribution is 14.1. The van der Waals surface area contributed by atoms with E-state index >= 15 is 0 Å². The fraction of sp³-hybridized carbons (Fsp3) is 0.0833. The number of halogens is 1. The Morgan fingerprint density at radius 3 is 2.62 bits per heavy atom. The minimum atomic E-state index is 0.566. The van der Waals surface area contributed by atoms with Crippen LogP contribution in [0.3, 0.4) is 0 Å². The van der Waals surface area contributed by atoms with Gasteiger partial charge in [-0.05, 0) is 47.7 Å². The quantitative estimate of drug-likeness (QED) is 0.861. The normalized spacial score (nSPS) is 10.1. The van der Waals surface area contributed by atoms with E-state index in [-0.39, 0.29) is 0 Å². The maximum atomic E-state index is 5.69. The van der Waals surface area contributed by atoms with Crippen LogP contribution in [0.25, 0.3) is 0 Å². The molecule has 2 N–H and O–H groups in total. The van der Waals surface area contributed by atoms with E-state index in [9.17, 15) is 0 Å². The maximum Gasteiger partial charge on any atom is 0.219 e. The van der Waals surface area contributed by atoms with Crippen molar-refractivity contribution < 1.29 is 4.74 Å². The summed E-state index contributed by atoms with van der Waals surface area (Å²) in [6.45, 7) is 1.86. The lowest BCUT2D eigenvalue weighted by atomic mass is 10.3. The third-order valence-corrected chi connectivity index (χ3v) is 3.04. The molecule has 0 saturated heterocycles. The van der Waals surface area contributed by atoms with Crippen LogP contribution in [0.5, 0.6) is 11.6 Å². The summed E-state index contributed by atoms with van der Waals surface area (Å²) in [5.41, 5.74) is 7.15. The van der Waals surface area contributed by atoms with Crippen LogP contribution in [-0.2, 0) is 0 Å². The van der Waals surface area contributed by atoms with Gasteiger partial charge < -0.3 is 10.5 Å². The van der Waals surface area contributed by atoms with Crippen molar-refractivity contribution in [2.45, 2.75) is 6.92 Å². The molecule has 0 saturated carbocycles. The Balaban J connectivity index is 2.28. The molecular weight excluding hydrogens is 315 g/mol. The molecule has 0 aliphatic carbocycles. The Kier molecular flexibility index (Phi) is 3.28. The topological polar surface area (TPSA) is 48.1 Å². The molecule has 2 rings (SSSR count). The summed E-state index contributed by atoms with van der Waals surface area (Å²) in [5.74, 6) is 1.37. The lowest BCUT2D eigenvalue weighted by Gasteiger charge is -2.07. The molecule has 3 nitrogen and oxygen atoms in total. The lowest BCUT2D eigenvalue weighted by molar-refractivity contribution is 0.459. The van der Waals surface area contributed by atoms with Gasteiger partial charge in [-0.3, -0.25) is 0 Å². The molecule has 0 aliphatic rings. The summed E-state index contributed by atoms with van der Waals surface area (Å²) < 4.78 is 6.72. The molecule has 0 radical (unpaired) electrons. The number of nitrogen functional groups attached to an aromatic ring is 1. The molecule has 82 valence electrons. The number of hydrogen-bond donors (Lipinski definition) is 1. The molecule has 16 heavy (non-hydrogen) atoms. The van der Waals surface area contributed by atoms with Crippen molar-refractivity contribution in [2.24, 2.45) is 0 Å². The SMILES string of the molecule is Cc1nc(Oc2ccccc2I)ccc1N. The largest absolute Gasteiger partial charge is 0.438 e. The second kappa shape index (κ2) is 4.69. The number of benzene rings is 1. The van der Waals surface area contributed by atoms with E-state index in [1.54, 1.807) is 12.1 Å². The zero-order valence-electron chi connectivity index (χ0n) is 8.77. The molecule has 1 aromatic carbocycles. The Morgan fingerprint density at radius 2 is 1.94 bits per heavy atom. The Labute approximate surface area is 108 Å². The van der Waals surface area contributed by atoms with Gasteiger partial charge in [-0.15, -0.1) is 0 Å². The summed E-state index contributed by atoms with van der Waals surface area (Å²) in [5, 5.41) is 0. The zero-order chi connectivity index (χ0) is 11.5. The van der Waals surface area contributed by atoms with E-state index in [2.05, 4.69) is 27.6 Å². The monoisotopic (exact) mass is 326 g/mol. The maximum absolute atomic E-state index is 5.69. The highest BCUT2D eigenvalue weighted by Crippen LogP contribution is 2.25. The second-order valence-corrected chi connectivity index (χ2v) is 4.52. The highest BCUT2D eigenvalue weighted by Gasteiger charge is 2.03. The number of ether oxygens (including phenoxy) is 1. The first-order chi connectivity index (χ1) is 7.66. The average Bonchev–Trinajstić information content (AvgIpc) is 2.27. The highest BCUT2D eigenvalue weighted by atomic mass is 127. The first-order valence-corrected chi connectivity index (χ1v) is 5.90. The number of hydrogen-bond acceptors (Lipinski definition) is 3. The van der Waals surface area contributed by atoms with Gasteiger partial charge in [-0.1, -0.05) is 12.1 Å². The third kappa shape index (κ3) is 2.44. The molecule has 0 atom stereocenters. The number of anilines is 1. The van der Waals surface area contributed by atoms with Crippen molar-refractivity contribution in [1.82, 2.24) is 4.98 Å². The molecule has 4 heteroatoms. The summed E-state index contributed by atoms with van der Waals surface area (Å²) in [4.78, 5) is 4.26. The smallest absolute Gasteiger partial charge is 0.219 e. The van der Waals surface area contributed by atoms with E-state index < -0.39 is 0 Å². The van der Waals surface area contributed by atoms with Gasteiger partial charge in [0.25, 0.3) is 0 Å². The molecule has 0 aliphatic heterocycles. The van der Waals surface area contributed by atoms with Crippen LogP contribution in [0.2, 0.25) is 0 Å². The fourth-order valence-electron chi connectivity index (χ4n) is 1.25. The third-order valence-electron chi connectivity index (χ3n) is 2.15. The van der Waals surface area contributed by atoms with Gasteiger partial charge in [0.15, 0.2) is 0 Å². The number of pyridine rings is 1. The van der Waals surface area contributed by atoms with E-state index in [0.717, 1.165) is 15.0 Å². The number of para-hydroxylation sites is 1. The van der Waals surface area contributed by atoms with Crippen LogP contribution >= 0.6 is 22.6 Å². The van der Waals surface area contributed by atoms with Crippen molar-refractivity contribution in [3.63, 3.8) is 0 Å². The molecule has 1 heterocycles. The predicted molar refractivity (Wildman–Crippen MR) is 72.6 cm³/mol. The lowest BCUT2D eigenvalue weighted by Crippen LogP contribution is -1.95. The summed E-state index contributed by atoms with van der Waals surface area (Å²) in [6.07, 6.45) is 0. The van der Waals surface area contributed by atoms with Crippen LogP contribution in [0, 0.1) is 10.5 Å². The van der Waals surface area contributed by atoms with E-state index in [4.69, 9.17) is 10.5 Å². The van der Waals surface area contributed by atoms with Crippen molar-refractivity contribution in [2.75, 3.05) is 5.73 Å². The standard InChI is InChI=1S/C12H11IN2O/c1-8-10(14)6-7-12(15-8)16-11-5-3-2-4-9(11)13/h2-7H,14H2,1H3. The van der Waals surface area contributed by atoms with Crippen LogP contribution in [0.1, 0.15) is 5.69 Å². The minimum absolute atomic E-state index is 0.566. The molecule has 0 fully saturated rings. The number of nitrogens with zero attached hydrogens (tertiary/aromatic N) is 1. The van der Waals surface area contributed by atoms with E-state index in [1.165, 1.54) is 0 Å². The number of aryl methyl sites for hydroxylation is 1. The average molecular weight is 326 g/mol. The predicted octanol–water partition coefficient (Wildman–Crippen LogP) is 3.37. The molecule has 0 spiro atoms. The molecule has 1 aromatic heterocycles. The van der Waals surface area contributed by atoms with Gasteiger partial charge in [-0.25, -0.2) is 4.98 Å². The number of aromatic nitrogens is 1. The first-order valence-electron chi connectivity index (χ1n) is 4.82. The van der Waals surface area contributed by atoms with Gasteiger partial charge in [-0.2, -0.15) is 0 Å². The van der Waals surface area contributed by atoms with Gasteiger partial charge in [0, 0.05) is 6.07 Å². The Bertz CT molecular complexity index is 514. The van der Waals surface area contributed by atoms with Gasteiger partial charge in [0.2, 0.25) is 5.88 Å². The van der Waals surface area contributed by atoms with Crippen LogP contribution in [0.15, 0.2) is 36.4 Å². The summed E-state index contributed by atoms with van der Waals surface area (Å²) >= 11 is 2.23. The Hall–Kier alpha value is -1.30. The number of rotatable bonds is 2. The molecule has 2 aromatic rings.